The molecule has 0 amide bonds. The van der Waals surface area contributed by atoms with Crippen LogP contribution in [0.4, 0.5) is 0 Å². The van der Waals surface area contributed by atoms with E-state index in [0.717, 1.165) is 6.42 Å². The fourth-order valence-electron chi connectivity index (χ4n) is 3.02. The molecule has 0 aliphatic heterocycles. The molecule has 0 aromatic rings. The smallest absolute Gasteiger partial charge is 0.105 e. The first kappa shape index (κ1) is 22.8. The Balaban J connectivity index is 2.94. The van der Waals surface area contributed by atoms with Crippen molar-refractivity contribution in [2.75, 3.05) is 0 Å². The van der Waals surface area contributed by atoms with Crippen LogP contribution in [0.15, 0.2) is 0 Å². The predicted molar refractivity (Wildman–Crippen MR) is 109 cm³/mol. The Bertz CT molecular complexity index is 198. The Morgan fingerprint density at radius 2 is 0.864 bits per heavy atom. The Labute approximate surface area is 152 Å². The molecule has 0 nitrogen and oxygen atoms in total. The van der Waals surface area contributed by atoms with E-state index in [9.17, 15) is 0 Å². The van der Waals surface area contributed by atoms with Gasteiger partial charge in [0, 0.05) is 9.52 Å². The topological polar surface area (TPSA) is 0 Å². The van der Waals surface area contributed by atoms with Crippen molar-refractivity contribution in [3.05, 3.63) is 0 Å². The standard InChI is InChI=1S/C19H40Cl2Si/c1-22-18-16-14-12-10-8-6-4-2-3-5-7-9-11-13-15-17-19(20)21/h19H,2-18,22H2,1H3. The van der Waals surface area contributed by atoms with E-state index in [-0.39, 0.29) is 4.84 Å². The van der Waals surface area contributed by atoms with Gasteiger partial charge in [-0.15, -0.1) is 23.2 Å². The van der Waals surface area contributed by atoms with Crippen molar-refractivity contribution in [3.8, 4) is 0 Å². The molecule has 0 rings (SSSR count). The molecular formula is C19H40Cl2Si. The van der Waals surface area contributed by atoms with Gasteiger partial charge in [0.2, 0.25) is 0 Å². The van der Waals surface area contributed by atoms with E-state index in [0.29, 0.717) is 9.52 Å². The second kappa shape index (κ2) is 19.8. The van der Waals surface area contributed by atoms with E-state index in [2.05, 4.69) is 6.55 Å². The van der Waals surface area contributed by atoms with Gasteiger partial charge >= 0.3 is 0 Å². The van der Waals surface area contributed by atoms with Gasteiger partial charge in [0.05, 0.1) is 0 Å². The third kappa shape index (κ3) is 20.8. The predicted octanol–water partition coefficient (Wildman–Crippen LogP) is 7.67. The molecule has 0 saturated carbocycles. The molecule has 0 bridgehead atoms. The minimum atomic E-state index is -0.155. The Hall–Kier alpha value is 0.797. The molecular weight excluding hydrogens is 327 g/mol. The Morgan fingerprint density at radius 3 is 1.18 bits per heavy atom. The van der Waals surface area contributed by atoms with Gasteiger partial charge in [0.1, 0.15) is 4.84 Å². The lowest BCUT2D eigenvalue weighted by molar-refractivity contribution is 0.531. The molecule has 3 heteroatoms. The number of hydrogen-bond acceptors (Lipinski definition) is 0. The van der Waals surface area contributed by atoms with Crippen LogP contribution in [-0.2, 0) is 0 Å². The van der Waals surface area contributed by atoms with Crippen molar-refractivity contribution in [2.24, 2.45) is 0 Å². The fourth-order valence-corrected chi connectivity index (χ4v) is 4.19. The number of alkyl halides is 2. The summed E-state index contributed by atoms with van der Waals surface area (Å²) in [5, 5.41) is 0. The highest BCUT2D eigenvalue weighted by atomic mass is 35.5. The quantitative estimate of drug-likeness (QED) is 0.132. The highest BCUT2D eigenvalue weighted by Crippen LogP contribution is 2.16. The minimum Gasteiger partial charge on any atom is -0.105 e. The molecule has 0 aromatic heterocycles. The van der Waals surface area contributed by atoms with E-state index < -0.39 is 0 Å². The van der Waals surface area contributed by atoms with Crippen LogP contribution in [0.3, 0.4) is 0 Å². The molecule has 0 spiro atoms. The van der Waals surface area contributed by atoms with Gasteiger partial charge < -0.3 is 0 Å². The lowest BCUT2D eigenvalue weighted by atomic mass is 10.0. The number of unbranched alkanes of at least 4 members (excludes halogenated alkanes) is 14. The number of rotatable bonds is 18. The summed E-state index contributed by atoms with van der Waals surface area (Å²) in [5.41, 5.74) is 0. The van der Waals surface area contributed by atoms with E-state index in [1.165, 1.54) is 96.3 Å². The van der Waals surface area contributed by atoms with Crippen molar-refractivity contribution in [1.82, 2.24) is 0 Å². The van der Waals surface area contributed by atoms with Gasteiger partial charge in [-0.3, -0.25) is 0 Å². The van der Waals surface area contributed by atoms with E-state index >= 15 is 0 Å². The summed E-state index contributed by atoms with van der Waals surface area (Å²) in [7, 11) is 0.335. The largest absolute Gasteiger partial charge is 0.107 e. The molecule has 0 radical (unpaired) electrons. The van der Waals surface area contributed by atoms with Crippen molar-refractivity contribution in [1.29, 1.82) is 0 Å². The zero-order valence-corrected chi connectivity index (χ0v) is 18.0. The summed E-state index contributed by atoms with van der Waals surface area (Å²) in [6.07, 6.45) is 22.4. The van der Waals surface area contributed by atoms with Gasteiger partial charge in [0.15, 0.2) is 0 Å². The second-order valence-corrected chi connectivity index (χ2v) is 9.82. The summed E-state index contributed by atoms with van der Waals surface area (Å²) in [6.45, 7) is 2.43. The van der Waals surface area contributed by atoms with Gasteiger partial charge in [-0.1, -0.05) is 109 Å². The molecule has 0 heterocycles. The number of hydrogen-bond donors (Lipinski definition) is 0. The zero-order chi connectivity index (χ0) is 16.3. The Kier molecular flexibility index (Phi) is 20.6. The van der Waals surface area contributed by atoms with Crippen LogP contribution < -0.4 is 0 Å². The van der Waals surface area contributed by atoms with E-state index in [1.54, 1.807) is 6.04 Å². The molecule has 0 N–H and O–H groups in total. The van der Waals surface area contributed by atoms with Gasteiger partial charge in [-0.25, -0.2) is 0 Å². The lowest BCUT2D eigenvalue weighted by Crippen LogP contribution is -1.87. The molecule has 0 aliphatic carbocycles. The van der Waals surface area contributed by atoms with Crippen LogP contribution in [0.2, 0.25) is 12.6 Å². The molecule has 0 atom stereocenters. The van der Waals surface area contributed by atoms with Gasteiger partial charge in [-0.2, -0.15) is 0 Å². The van der Waals surface area contributed by atoms with Gasteiger partial charge in [0.25, 0.3) is 0 Å². The first-order valence-corrected chi connectivity index (χ1v) is 13.3. The summed E-state index contributed by atoms with van der Waals surface area (Å²) in [4.78, 5) is -0.155. The summed E-state index contributed by atoms with van der Waals surface area (Å²) in [5.74, 6) is 0. The summed E-state index contributed by atoms with van der Waals surface area (Å²) >= 11 is 11.4. The lowest BCUT2D eigenvalue weighted by Gasteiger charge is -2.04. The average molecular weight is 368 g/mol. The van der Waals surface area contributed by atoms with Gasteiger partial charge in [-0.05, 0) is 6.42 Å². The third-order valence-corrected chi connectivity index (χ3v) is 6.17. The maximum atomic E-state index is 5.72. The zero-order valence-electron chi connectivity index (χ0n) is 15.1. The molecule has 134 valence electrons. The SMILES string of the molecule is C[SiH2]CCCCCCCCCCCCCCCCCC(Cl)Cl. The molecule has 0 aromatic carbocycles. The Morgan fingerprint density at radius 1 is 0.545 bits per heavy atom. The maximum absolute atomic E-state index is 5.72. The summed E-state index contributed by atoms with van der Waals surface area (Å²) in [6, 6.07) is 1.57. The second-order valence-electron chi connectivity index (χ2n) is 6.84. The van der Waals surface area contributed by atoms with Crippen molar-refractivity contribution in [2.45, 2.75) is 120 Å². The van der Waals surface area contributed by atoms with Crippen LogP contribution >= 0.6 is 23.2 Å². The van der Waals surface area contributed by atoms with Crippen molar-refractivity contribution in [3.63, 3.8) is 0 Å². The first-order chi connectivity index (χ1) is 10.8. The summed E-state index contributed by atoms with van der Waals surface area (Å²) < 4.78 is 0. The highest BCUT2D eigenvalue weighted by Gasteiger charge is 1.98. The van der Waals surface area contributed by atoms with Crippen molar-refractivity contribution >= 4 is 32.7 Å². The molecule has 0 saturated heterocycles. The minimum absolute atomic E-state index is 0.155. The average Bonchev–Trinajstić information content (AvgIpc) is 2.50. The highest BCUT2D eigenvalue weighted by molar-refractivity contribution is 6.44. The molecule has 22 heavy (non-hydrogen) atoms. The fraction of sp³-hybridized carbons (Fsp3) is 1.00. The van der Waals surface area contributed by atoms with Crippen LogP contribution in [0.1, 0.15) is 103 Å². The van der Waals surface area contributed by atoms with Crippen LogP contribution in [0.25, 0.3) is 0 Å². The third-order valence-electron chi connectivity index (χ3n) is 4.53. The first-order valence-electron chi connectivity index (χ1n) is 10.1. The molecule has 0 unspecified atom stereocenters. The maximum Gasteiger partial charge on any atom is 0.107 e. The van der Waals surface area contributed by atoms with Crippen LogP contribution in [0.5, 0.6) is 0 Å². The normalized spacial score (nSPS) is 12.0. The van der Waals surface area contributed by atoms with E-state index in [4.69, 9.17) is 23.2 Å². The van der Waals surface area contributed by atoms with E-state index in [1.807, 2.05) is 0 Å². The molecule has 0 aliphatic rings. The van der Waals surface area contributed by atoms with Crippen LogP contribution in [0, 0.1) is 0 Å². The van der Waals surface area contributed by atoms with Crippen molar-refractivity contribution < 1.29 is 0 Å². The molecule has 0 fully saturated rings. The number of halogens is 2. The monoisotopic (exact) mass is 366 g/mol. The van der Waals surface area contributed by atoms with Crippen LogP contribution in [-0.4, -0.2) is 14.4 Å².